The molecule has 310 valence electrons. The molecule has 0 aliphatic heterocycles. The molecule has 3 aliphatic carbocycles. The third kappa shape index (κ3) is 7.93. The van der Waals surface area contributed by atoms with Crippen LogP contribution in [-0.4, -0.2) is 34.3 Å². The Hall–Kier alpha value is -4.23. The minimum atomic E-state index is -4.66. The molecule has 3 fully saturated rings. The van der Waals surface area contributed by atoms with Gasteiger partial charge < -0.3 is 14.9 Å². The molecule has 13 heteroatoms. The van der Waals surface area contributed by atoms with E-state index in [4.69, 9.17) is 17.3 Å². The zero-order chi connectivity index (χ0) is 41.1. The maximum absolute atomic E-state index is 15.9. The van der Waals surface area contributed by atoms with Crippen LogP contribution >= 0.6 is 11.6 Å². The molecule has 3 heterocycles. The Morgan fingerprint density at radius 2 is 1.59 bits per heavy atom. The number of hydrogen-bond donors (Lipinski definition) is 2. The Bertz CT molecular complexity index is 2630. The molecule has 3 aliphatic rings. The summed E-state index contributed by atoms with van der Waals surface area (Å²) < 4.78 is 93.1. The summed E-state index contributed by atoms with van der Waals surface area (Å²) in [5.41, 5.74) is 10.2. The first-order valence-corrected chi connectivity index (χ1v) is 22.7. The van der Waals surface area contributed by atoms with Crippen molar-refractivity contribution in [3.05, 3.63) is 113 Å². The molecule has 6 aromatic rings. The topological polar surface area (TPSA) is 94.9 Å². The van der Waals surface area contributed by atoms with E-state index in [1.54, 1.807) is 12.4 Å². The number of nitrogens with zero attached hydrogens (tertiary/aromatic N) is 3. The van der Waals surface area contributed by atoms with Gasteiger partial charge in [0, 0.05) is 77.4 Å². The number of nitrogens with one attached hydrogen (secondary N) is 1. The molecule has 4 atom stereocenters. The largest absolute Gasteiger partial charge is 0.417 e. The lowest BCUT2D eigenvalue weighted by atomic mass is 9.91. The molecule has 3 saturated carbocycles. The SMILES string of the molecule is NCCc1cn(CC2CCCC2C2CC2S(=O)(=O)NCc2cn(CC3CCCC3)c3cc(-c4ccccc4C(F)(F)F)c(F)cc23)c2cc(-c3ccncc3Cl)ccc12. The quantitative estimate of drug-likeness (QED) is 0.113. The van der Waals surface area contributed by atoms with Crippen LogP contribution < -0.4 is 10.5 Å². The van der Waals surface area contributed by atoms with Gasteiger partial charge in [-0.3, -0.25) is 4.98 Å². The molecule has 0 bridgehead atoms. The maximum Gasteiger partial charge on any atom is 0.417 e. The first kappa shape index (κ1) is 40.2. The van der Waals surface area contributed by atoms with Crippen LogP contribution in [0.1, 0.15) is 68.1 Å². The summed E-state index contributed by atoms with van der Waals surface area (Å²) in [4.78, 5) is 4.14. The third-order valence-corrected chi connectivity index (χ3v) is 15.5. The van der Waals surface area contributed by atoms with E-state index in [9.17, 15) is 21.6 Å². The summed E-state index contributed by atoms with van der Waals surface area (Å²) in [6, 6.07) is 16.1. The third-order valence-electron chi connectivity index (χ3n) is 13.3. The fourth-order valence-electron chi connectivity index (χ4n) is 10.4. The summed E-state index contributed by atoms with van der Waals surface area (Å²) in [6.45, 7) is 1.91. The van der Waals surface area contributed by atoms with Gasteiger partial charge in [0.05, 0.1) is 15.8 Å². The predicted octanol–water partition coefficient (Wildman–Crippen LogP) is 10.8. The lowest BCUT2D eigenvalue weighted by Crippen LogP contribution is -2.29. The van der Waals surface area contributed by atoms with Gasteiger partial charge in [0.25, 0.3) is 0 Å². The van der Waals surface area contributed by atoms with Gasteiger partial charge in [-0.1, -0.05) is 61.2 Å². The number of sulfonamides is 1. The van der Waals surface area contributed by atoms with Gasteiger partial charge in [-0.2, -0.15) is 13.2 Å². The van der Waals surface area contributed by atoms with Gasteiger partial charge in [0.2, 0.25) is 10.0 Å². The standard InChI is InChI=1S/C46H48ClF4N5O2S/c47-41-23-53-17-15-34(41)29-12-13-35-31(14-16-52)26-56(43(35)18-29)25-30-8-5-10-33(30)39-21-45(39)59(57,58)54-22-32-27-55(24-28-6-1-2-7-28)44-20-38(42(48)19-37(32)44)36-9-3-4-11-40(36)46(49,50)51/h3-4,9,11-13,15,17-20,23,26-28,30,33,39,45,54H,1-2,5-8,10,14,16,21-22,24-25,52H2. The van der Waals surface area contributed by atoms with Gasteiger partial charge in [-0.05, 0) is 121 Å². The molecular formula is C46H48ClF4N5O2S. The lowest BCUT2D eigenvalue weighted by molar-refractivity contribution is -0.137. The van der Waals surface area contributed by atoms with E-state index >= 15 is 4.39 Å². The monoisotopic (exact) mass is 845 g/mol. The van der Waals surface area contributed by atoms with Crippen LogP contribution in [0.15, 0.2) is 85.5 Å². The van der Waals surface area contributed by atoms with Gasteiger partial charge in [0.1, 0.15) is 5.82 Å². The van der Waals surface area contributed by atoms with E-state index in [-0.39, 0.29) is 29.5 Å². The van der Waals surface area contributed by atoms with Crippen molar-refractivity contribution < 1.29 is 26.0 Å². The van der Waals surface area contributed by atoms with Crippen molar-refractivity contribution in [2.24, 2.45) is 29.4 Å². The predicted molar refractivity (Wildman–Crippen MR) is 226 cm³/mol. The Kier molecular flexibility index (Phi) is 10.9. The van der Waals surface area contributed by atoms with Crippen LogP contribution in [0.2, 0.25) is 5.02 Å². The second kappa shape index (κ2) is 16.0. The van der Waals surface area contributed by atoms with Crippen molar-refractivity contribution in [3.63, 3.8) is 0 Å². The first-order valence-electron chi connectivity index (χ1n) is 20.8. The molecule has 0 spiro atoms. The van der Waals surface area contributed by atoms with E-state index in [0.717, 1.165) is 86.0 Å². The van der Waals surface area contributed by atoms with Crippen molar-refractivity contribution in [2.75, 3.05) is 6.54 Å². The Morgan fingerprint density at radius 1 is 0.831 bits per heavy atom. The lowest BCUT2D eigenvalue weighted by Gasteiger charge is -2.21. The maximum atomic E-state index is 15.9. The second-order valence-electron chi connectivity index (χ2n) is 16.9. The molecule has 0 saturated heterocycles. The van der Waals surface area contributed by atoms with E-state index in [2.05, 4.69) is 38.7 Å². The number of aromatic nitrogens is 3. The van der Waals surface area contributed by atoms with Crippen molar-refractivity contribution in [1.29, 1.82) is 0 Å². The fourth-order valence-corrected chi connectivity index (χ4v) is 12.3. The Morgan fingerprint density at radius 3 is 2.37 bits per heavy atom. The zero-order valence-electron chi connectivity index (χ0n) is 32.7. The van der Waals surface area contributed by atoms with Crippen LogP contribution in [0.5, 0.6) is 0 Å². The average molecular weight is 846 g/mol. The highest BCUT2D eigenvalue weighted by Gasteiger charge is 2.53. The number of nitrogens with two attached hydrogens (primary N) is 1. The number of hydrogen-bond acceptors (Lipinski definition) is 4. The van der Waals surface area contributed by atoms with Gasteiger partial charge in [0.15, 0.2) is 0 Å². The molecule has 4 unspecified atom stereocenters. The van der Waals surface area contributed by atoms with E-state index in [0.29, 0.717) is 52.8 Å². The van der Waals surface area contributed by atoms with Crippen molar-refractivity contribution >= 4 is 43.4 Å². The molecule has 3 N–H and O–H groups in total. The first-order chi connectivity index (χ1) is 28.4. The molecule has 3 aromatic carbocycles. The summed E-state index contributed by atoms with van der Waals surface area (Å²) in [5, 5.41) is 1.72. The molecule has 7 nitrogen and oxygen atoms in total. The molecule has 59 heavy (non-hydrogen) atoms. The van der Waals surface area contributed by atoms with Gasteiger partial charge >= 0.3 is 6.18 Å². The van der Waals surface area contributed by atoms with Crippen LogP contribution in [0, 0.1) is 29.5 Å². The second-order valence-corrected chi connectivity index (χ2v) is 19.3. The van der Waals surface area contributed by atoms with E-state index in [1.165, 1.54) is 35.9 Å². The summed E-state index contributed by atoms with van der Waals surface area (Å²) in [7, 11) is -3.73. The number of pyridine rings is 1. The highest BCUT2D eigenvalue weighted by molar-refractivity contribution is 7.90. The number of benzene rings is 3. The molecular weight excluding hydrogens is 798 g/mol. The summed E-state index contributed by atoms with van der Waals surface area (Å²) in [5.74, 6) is 0.202. The Labute approximate surface area is 347 Å². The number of halogens is 5. The molecule has 0 radical (unpaired) electrons. The smallest absolute Gasteiger partial charge is 0.347 e. The van der Waals surface area contributed by atoms with Crippen LogP contribution in [-0.2, 0) is 42.3 Å². The number of alkyl halides is 3. The normalized spacial score (nSPS) is 21.3. The average Bonchev–Trinajstić information content (AvgIpc) is 3.52. The van der Waals surface area contributed by atoms with Crippen LogP contribution in [0.4, 0.5) is 17.6 Å². The van der Waals surface area contributed by atoms with Gasteiger partial charge in [-0.25, -0.2) is 17.5 Å². The van der Waals surface area contributed by atoms with Crippen LogP contribution in [0.3, 0.4) is 0 Å². The molecule has 9 rings (SSSR count). The minimum Gasteiger partial charge on any atom is -0.347 e. The van der Waals surface area contributed by atoms with E-state index < -0.39 is 32.8 Å². The molecule has 0 amide bonds. The highest BCUT2D eigenvalue weighted by atomic mass is 35.5. The number of fused-ring (bicyclic) bond motifs is 2. The highest BCUT2D eigenvalue weighted by Crippen LogP contribution is 2.52. The fraction of sp³-hybridized carbons (Fsp3) is 0.413. The van der Waals surface area contributed by atoms with Crippen molar-refractivity contribution in [3.8, 4) is 22.3 Å². The summed E-state index contributed by atoms with van der Waals surface area (Å²) >= 11 is 6.53. The van der Waals surface area contributed by atoms with Crippen LogP contribution in [0.25, 0.3) is 44.1 Å². The summed E-state index contributed by atoms with van der Waals surface area (Å²) in [6.07, 6.45) is 11.5. The van der Waals surface area contributed by atoms with Crippen molar-refractivity contribution in [2.45, 2.75) is 88.8 Å². The Balaban J connectivity index is 0.946. The zero-order valence-corrected chi connectivity index (χ0v) is 34.3. The number of rotatable bonds is 13. The van der Waals surface area contributed by atoms with E-state index in [1.807, 2.05) is 16.8 Å². The molecule has 3 aromatic heterocycles. The minimum absolute atomic E-state index is 0.0329. The van der Waals surface area contributed by atoms with Gasteiger partial charge in [-0.15, -0.1) is 0 Å². The van der Waals surface area contributed by atoms with Crippen molar-refractivity contribution in [1.82, 2.24) is 18.8 Å².